The Bertz CT molecular complexity index is 1040. The lowest BCUT2D eigenvalue weighted by Crippen LogP contribution is -2.75. The van der Waals surface area contributed by atoms with Crippen LogP contribution < -0.4 is 5.12 Å². The first-order chi connectivity index (χ1) is 16.3. The van der Waals surface area contributed by atoms with Crippen LogP contribution in [0.25, 0.3) is 0 Å². The molecule has 0 N–H and O–H groups in total. The van der Waals surface area contributed by atoms with Gasteiger partial charge in [-0.25, -0.2) is 22.0 Å². The second-order valence-corrected chi connectivity index (χ2v) is 6.68. The van der Waals surface area contributed by atoms with Gasteiger partial charge in [-0.2, -0.15) is 74.6 Å². The summed E-state index contributed by atoms with van der Waals surface area (Å²) in [4.78, 5) is 0. The van der Waals surface area contributed by atoms with Crippen molar-refractivity contribution in [3.05, 3.63) is 29.1 Å². The van der Waals surface area contributed by atoms with Crippen LogP contribution in [0.1, 0.15) is 0 Å². The fourth-order valence-corrected chi connectivity index (χ4v) is 2.18. The molecule has 0 bridgehead atoms. The zero-order valence-corrected chi connectivity index (χ0v) is 16.1. The maximum atomic E-state index is 13.7. The van der Waals surface area contributed by atoms with Gasteiger partial charge in [-0.05, 0) is 0 Å². The number of nitrogens with zero attached hydrogens (tertiary/aromatic N) is 1. The van der Waals surface area contributed by atoms with E-state index >= 15 is 0 Å². The van der Waals surface area contributed by atoms with Crippen molar-refractivity contribution in [2.45, 2.75) is 47.8 Å². The van der Waals surface area contributed by atoms with Crippen molar-refractivity contribution in [3.8, 4) is 0 Å². The predicted molar refractivity (Wildman–Crippen MR) is 70.5 cm³/mol. The van der Waals surface area contributed by atoms with Crippen molar-refractivity contribution in [1.82, 2.24) is 0 Å². The smallest absolute Gasteiger partial charge is 0.201 e. The summed E-state index contributed by atoms with van der Waals surface area (Å²) in [6, 6.07) is -8.25. The Morgan fingerprint density at radius 3 is 0.868 bits per heavy atom. The molecule has 0 aliphatic carbocycles. The summed E-state index contributed by atoms with van der Waals surface area (Å²) in [7, 11) is 0. The third-order valence-electron chi connectivity index (χ3n) is 4.33. The molecule has 0 spiro atoms. The highest BCUT2D eigenvalue weighted by atomic mass is 19.4. The van der Waals surface area contributed by atoms with Gasteiger partial charge in [-0.3, -0.25) is 0 Å². The lowest BCUT2D eigenvalue weighted by molar-refractivity contribution is -0.462. The van der Waals surface area contributed by atoms with Crippen molar-refractivity contribution >= 4 is 5.69 Å². The Kier molecular flexibility index (Phi) is 7.66. The summed E-state index contributed by atoms with van der Waals surface area (Å²) < 4.78 is 302. The highest BCUT2D eigenvalue weighted by Crippen LogP contribution is 2.64. The SMILES string of the molecule is Fc1c(F)c(F)c(N(F)C(F)(F)C(F)(F)C(F)(F)C(F)(F)C(F)(F)C(F)(F)C(F)(F)C(F)(F)F)c(F)c1F. The van der Waals surface area contributed by atoms with E-state index in [-0.39, 0.29) is 0 Å². The van der Waals surface area contributed by atoms with Crippen molar-refractivity contribution in [3.63, 3.8) is 0 Å². The van der Waals surface area contributed by atoms with Crippen LogP contribution in [0.4, 0.5) is 107 Å². The lowest BCUT2D eigenvalue weighted by atomic mass is 9.90. The van der Waals surface area contributed by atoms with Gasteiger partial charge in [-0.1, -0.05) is 4.48 Å². The van der Waals surface area contributed by atoms with Gasteiger partial charge in [0.1, 0.15) is 0 Å². The van der Waals surface area contributed by atoms with Crippen LogP contribution >= 0.6 is 0 Å². The van der Waals surface area contributed by atoms with E-state index < -0.39 is 87.7 Å². The first-order valence-corrected chi connectivity index (χ1v) is 8.02. The molecule has 24 heteroatoms. The summed E-state index contributed by atoms with van der Waals surface area (Å²) in [5, 5.41) is -3.94. The van der Waals surface area contributed by atoms with Crippen LogP contribution in [0.5, 0.6) is 0 Å². The molecule has 0 saturated heterocycles. The Balaban J connectivity index is 3.86. The fourth-order valence-electron chi connectivity index (χ4n) is 2.18. The largest absolute Gasteiger partial charge is 0.460 e. The number of benzene rings is 1. The van der Waals surface area contributed by atoms with Gasteiger partial charge >= 0.3 is 47.8 Å². The first-order valence-electron chi connectivity index (χ1n) is 8.02. The number of hydrogen-bond acceptors (Lipinski definition) is 1. The molecule has 0 saturated carbocycles. The van der Waals surface area contributed by atoms with Crippen LogP contribution in [-0.2, 0) is 0 Å². The van der Waals surface area contributed by atoms with Crippen LogP contribution in [0, 0.1) is 29.1 Å². The quantitative estimate of drug-likeness (QED) is 0.0937. The molecule has 0 heterocycles. The Hall–Kier alpha value is -2.59. The zero-order chi connectivity index (χ0) is 31.0. The highest BCUT2D eigenvalue weighted by Gasteiger charge is 2.96. The molecule has 1 aromatic carbocycles. The highest BCUT2D eigenvalue weighted by molar-refractivity contribution is 5.50. The summed E-state index contributed by atoms with van der Waals surface area (Å²) in [6.45, 7) is 0. The molecule has 1 rings (SSSR count). The summed E-state index contributed by atoms with van der Waals surface area (Å²) in [5.74, 6) is -71.8. The van der Waals surface area contributed by atoms with Crippen LogP contribution in [0.2, 0.25) is 0 Å². The van der Waals surface area contributed by atoms with Crippen LogP contribution in [-0.4, -0.2) is 47.8 Å². The second kappa shape index (κ2) is 8.71. The Morgan fingerprint density at radius 2 is 0.579 bits per heavy atom. The number of hydrogen-bond donors (Lipinski definition) is 0. The minimum atomic E-state index is -9.16. The maximum absolute atomic E-state index is 13.7. The van der Waals surface area contributed by atoms with Crippen molar-refractivity contribution in [2.75, 3.05) is 5.12 Å². The van der Waals surface area contributed by atoms with Gasteiger partial charge in [0.15, 0.2) is 29.0 Å². The van der Waals surface area contributed by atoms with E-state index in [2.05, 4.69) is 0 Å². The van der Waals surface area contributed by atoms with Gasteiger partial charge in [0.25, 0.3) is 0 Å². The molecular formula is C14F23N. The van der Waals surface area contributed by atoms with E-state index in [1.165, 1.54) is 0 Å². The molecule has 1 nitrogen and oxygen atoms in total. The maximum Gasteiger partial charge on any atom is 0.460 e. The van der Waals surface area contributed by atoms with Gasteiger partial charge in [-0.15, -0.1) is 5.12 Å². The van der Waals surface area contributed by atoms with Gasteiger partial charge in [0.2, 0.25) is 5.82 Å². The van der Waals surface area contributed by atoms with E-state index in [9.17, 15) is 101 Å². The van der Waals surface area contributed by atoms with Crippen molar-refractivity contribution in [1.29, 1.82) is 0 Å². The Morgan fingerprint density at radius 1 is 0.342 bits per heavy atom. The van der Waals surface area contributed by atoms with Gasteiger partial charge in [0.05, 0.1) is 0 Å². The fraction of sp³-hybridized carbons (Fsp3) is 0.571. The zero-order valence-electron chi connectivity index (χ0n) is 16.1. The molecule has 0 unspecified atom stereocenters. The molecule has 0 atom stereocenters. The summed E-state index contributed by atoms with van der Waals surface area (Å²) in [6.07, 6.45) is -8.03. The third-order valence-corrected chi connectivity index (χ3v) is 4.33. The molecular weight excluding hydrogens is 619 g/mol. The van der Waals surface area contributed by atoms with Crippen molar-refractivity contribution in [2.24, 2.45) is 0 Å². The summed E-state index contributed by atoms with van der Waals surface area (Å²) >= 11 is 0. The molecule has 0 aliphatic rings. The standard InChI is InChI=1S/C14F23N/c15-1-2(16)4(18)6(5(19)3(1)17)38(37)14(35,36)12(30,31)10(26,27)8(22,23)7(20,21)9(24,25)11(28,29)13(32,33)34. The van der Waals surface area contributed by atoms with E-state index in [1.54, 1.807) is 0 Å². The third kappa shape index (κ3) is 3.94. The average molecular weight is 619 g/mol. The minimum Gasteiger partial charge on any atom is -0.201 e. The first kappa shape index (κ1) is 33.4. The van der Waals surface area contributed by atoms with E-state index in [0.29, 0.717) is 0 Å². The molecule has 0 amide bonds. The molecule has 38 heavy (non-hydrogen) atoms. The molecule has 0 radical (unpaired) electrons. The van der Waals surface area contributed by atoms with E-state index in [0.717, 1.165) is 0 Å². The van der Waals surface area contributed by atoms with Gasteiger partial charge < -0.3 is 0 Å². The molecule has 1 aromatic rings. The number of anilines is 1. The predicted octanol–water partition coefficient (Wildman–Crippen LogP) is 8.04. The van der Waals surface area contributed by atoms with Crippen LogP contribution in [0.3, 0.4) is 0 Å². The minimum absolute atomic E-state index is 3.36. The number of halogens is 23. The normalized spacial score (nSPS) is 15.2. The second-order valence-electron chi connectivity index (χ2n) is 6.68. The van der Waals surface area contributed by atoms with Gasteiger partial charge in [0, 0.05) is 0 Å². The monoisotopic (exact) mass is 619 g/mol. The van der Waals surface area contributed by atoms with E-state index in [4.69, 9.17) is 0 Å². The lowest BCUT2D eigenvalue weighted by Gasteiger charge is -2.43. The number of alkyl halides is 17. The van der Waals surface area contributed by atoms with Crippen LogP contribution in [0.15, 0.2) is 0 Å². The summed E-state index contributed by atoms with van der Waals surface area (Å²) in [5.41, 5.74) is -3.99. The Labute approximate surface area is 190 Å². The molecule has 0 aliphatic heterocycles. The molecule has 222 valence electrons. The van der Waals surface area contributed by atoms with E-state index in [1.807, 2.05) is 0 Å². The molecule has 0 fully saturated rings. The number of rotatable bonds is 8. The average Bonchev–Trinajstić information content (AvgIpc) is 2.74. The molecule has 0 aromatic heterocycles. The topological polar surface area (TPSA) is 3.24 Å². The van der Waals surface area contributed by atoms with Crippen molar-refractivity contribution < 1.29 is 101 Å².